The topological polar surface area (TPSA) is 133 Å². The van der Waals surface area contributed by atoms with Crippen molar-refractivity contribution in [1.82, 2.24) is 4.90 Å². The molecular formula is C27H25N3O6. The van der Waals surface area contributed by atoms with Crippen LogP contribution in [0.2, 0.25) is 0 Å². The molecule has 3 aromatic carbocycles. The number of nitro groups is 1. The van der Waals surface area contributed by atoms with E-state index in [0.29, 0.717) is 18.6 Å². The minimum absolute atomic E-state index is 0.0598. The van der Waals surface area contributed by atoms with Gasteiger partial charge < -0.3 is 15.1 Å². The summed E-state index contributed by atoms with van der Waals surface area (Å²) in [7, 11) is 2.05. The number of benzene rings is 3. The van der Waals surface area contributed by atoms with Crippen LogP contribution in [0, 0.1) is 10.1 Å². The van der Waals surface area contributed by atoms with Gasteiger partial charge in [-0.2, -0.15) is 0 Å². The molecule has 0 fully saturated rings. The number of non-ortho nitro benzene ring substituents is 1. The summed E-state index contributed by atoms with van der Waals surface area (Å²) in [5, 5.41) is 26.5. The summed E-state index contributed by atoms with van der Waals surface area (Å²) in [6, 6.07) is 25.4. The van der Waals surface area contributed by atoms with Gasteiger partial charge in [-0.3, -0.25) is 15.1 Å². The SMILES string of the molecule is CN1Cc2ccccc2C(c2ccccc2)N=C1Cc1ccc([N+](=O)[O-])cc1.O=C(O)/C=C/C(=O)O. The van der Waals surface area contributed by atoms with Gasteiger partial charge in [-0.05, 0) is 22.3 Å². The van der Waals surface area contributed by atoms with E-state index in [9.17, 15) is 19.7 Å². The molecule has 0 spiro atoms. The predicted molar refractivity (Wildman–Crippen MR) is 135 cm³/mol. The number of rotatable bonds is 6. The van der Waals surface area contributed by atoms with Crippen molar-refractivity contribution in [2.45, 2.75) is 19.0 Å². The number of hydrogen-bond donors (Lipinski definition) is 2. The third-order valence-electron chi connectivity index (χ3n) is 5.47. The van der Waals surface area contributed by atoms with Gasteiger partial charge in [-0.1, -0.05) is 66.7 Å². The van der Waals surface area contributed by atoms with Crippen molar-refractivity contribution >= 4 is 23.5 Å². The molecule has 36 heavy (non-hydrogen) atoms. The summed E-state index contributed by atoms with van der Waals surface area (Å²) in [4.78, 5) is 36.9. The molecule has 184 valence electrons. The van der Waals surface area contributed by atoms with Crippen LogP contribution < -0.4 is 0 Å². The van der Waals surface area contributed by atoms with Crippen LogP contribution >= 0.6 is 0 Å². The number of likely N-dealkylation sites (N-methyl/N-ethyl adjacent to an activating group) is 1. The van der Waals surface area contributed by atoms with Crippen LogP contribution in [0.5, 0.6) is 0 Å². The van der Waals surface area contributed by atoms with E-state index in [4.69, 9.17) is 15.2 Å². The summed E-state index contributed by atoms with van der Waals surface area (Å²) in [6.07, 6.45) is 1.75. The van der Waals surface area contributed by atoms with Gasteiger partial charge in [0.25, 0.3) is 5.69 Å². The molecular weight excluding hydrogens is 462 g/mol. The van der Waals surface area contributed by atoms with E-state index < -0.39 is 11.9 Å². The highest BCUT2D eigenvalue weighted by Crippen LogP contribution is 2.32. The largest absolute Gasteiger partial charge is 0.478 e. The molecule has 1 unspecified atom stereocenters. The molecule has 0 aromatic heterocycles. The van der Waals surface area contributed by atoms with Gasteiger partial charge in [0, 0.05) is 44.3 Å². The Kier molecular flexibility index (Phi) is 8.66. The third kappa shape index (κ3) is 7.10. The second-order valence-corrected chi connectivity index (χ2v) is 8.02. The molecule has 1 aliphatic rings. The van der Waals surface area contributed by atoms with Crippen molar-refractivity contribution in [1.29, 1.82) is 0 Å². The number of fused-ring (bicyclic) bond motifs is 1. The Hall–Kier alpha value is -4.79. The summed E-state index contributed by atoms with van der Waals surface area (Å²) in [5.74, 6) is -1.54. The van der Waals surface area contributed by atoms with Crippen LogP contribution in [0.3, 0.4) is 0 Å². The summed E-state index contributed by atoms with van der Waals surface area (Å²) >= 11 is 0. The highest BCUT2D eigenvalue weighted by molar-refractivity contribution is 5.89. The zero-order chi connectivity index (χ0) is 26.1. The van der Waals surface area contributed by atoms with Gasteiger partial charge in [0.05, 0.1) is 4.92 Å². The van der Waals surface area contributed by atoms with Gasteiger partial charge in [-0.25, -0.2) is 9.59 Å². The smallest absolute Gasteiger partial charge is 0.328 e. The summed E-state index contributed by atoms with van der Waals surface area (Å²) in [6.45, 7) is 0.783. The summed E-state index contributed by atoms with van der Waals surface area (Å²) < 4.78 is 0. The first-order valence-corrected chi connectivity index (χ1v) is 11.0. The Balaban J connectivity index is 0.000000392. The lowest BCUT2D eigenvalue weighted by molar-refractivity contribution is -0.384. The molecule has 3 aromatic rings. The lowest BCUT2D eigenvalue weighted by Gasteiger charge is -2.20. The van der Waals surface area contributed by atoms with E-state index in [1.54, 1.807) is 12.1 Å². The Labute approximate surface area is 207 Å². The maximum Gasteiger partial charge on any atom is 0.328 e. The monoisotopic (exact) mass is 487 g/mol. The third-order valence-corrected chi connectivity index (χ3v) is 5.47. The number of amidine groups is 1. The van der Waals surface area contributed by atoms with Crippen molar-refractivity contribution in [2.24, 2.45) is 4.99 Å². The van der Waals surface area contributed by atoms with Gasteiger partial charge in [0.2, 0.25) is 0 Å². The molecule has 9 heteroatoms. The first-order chi connectivity index (χ1) is 17.2. The van der Waals surface area contributed by atoms with Crippen LogP contribution in [0.4, 0.5) is 5.69 Å². The predicted octanol–water partition coefficient (Wildman–Crippen LogP) is 4.48. The highest BCUT2D eigenvalue weighted by atomic mass is 16.6. The number of carboxylic acid groups (broad SMARTS) is 2. The van der Waals surface area contributed by atoms with Crippen LogP contribution in [0.25, 0.3) is 0 Å². The van der Waals surface area contributed by atoms with E-state index in [2.05, 4.69) is 41.3 Å². The van der Waals surface area contributed by atoms with Crippen LogP contribution in [0.1, 0.15) is 28.3 Å². The van der Waals surface area contributed by atoms with E-state index in [0.717, 1.165) is 23.5 Å². The molecule has 0 radical (unpaired) electrons. The van der Waals surface area contributed by atoms with E-state index in [1.165, 1.54) is 11.1 Å². The Bertz CT molecular complexity index is 1270. The Morgan fingerprint density at radius 3 is 2.14 bits per heavy atom. The molecule has 0 saturated heterocycles. The van der Waals surface area contributed by atoms with Crippen molar-refractivity contribution in [2.75, 3.05) is 7.05 Å². The first-order valence-electron chi connectivity index (χ1n) is 11.0. The Morgan fingerprint density at radius 2 is 1.56 bits per heavy atom. The molecule has 0 amide bonds. The van der Waals surface area contributed by atoms with Crippen LogP contribution in [-0.4, -0.2) is 44.9 Å². The number of aliphatic imine (C=N–C) groups is 1. The zero-order valence-electron chi connectivity index (χ0n) is 19.5. The lowest BCUT2D eigenvalue weighted by Crippen LogP contribution is -2.27. The fourth-order valence-electron chi connectivity index (χ4n) is 3.74. The standard InChI is InChI=1S/C23H21N3O2.C4H4O4/c1-25-16-19-9-5-6-10-21(19)23(18-7-3-2-4-8-18)24-22(25)15-17-11-13-20(14-12-17)26(27)28;5-3(6)1-2-4(7)8/h2-14,23H,15-16H2,1H3;1-2H,(H,5,6)(H,7,8)/b;2-1+. The van der Waals surface area contributed by atoms with Crippen molar-refractivity contribution < 1.29 is 24.7 Å². The van der Waals surface area contributed by atoms with Crippen molar-refractivity contribution in [3.8, 4) is 0 Å². The van der Waals surface area contributed by atoms with Gasteiger partial charge in [0.15, 0.2) is 0 Å². The molecule has 0 aliphatic carbocycles. The lowest BCUT2D eigenvalue weighted by atomic mass is 9.95. The number of nitrogens with zero attached hydrogens (tertiary/aromatic N) is 3. The second-order valence-electron chi connectivity index (χ2n) is 8.02. The minimum Gasteiger partial charge on any atom is -0.478 e. The Morgan fingerprint density at radius 1 is 0.972 bits per heavy atom. The summed E-state index contributed by atoms with van der Waals surface area (Å²) in [5.41, 5.74) is 4.76. The molecule has 0 bridgehead atoms. The average molecular weight is 488 g/mol. The molecule has 4 rings (SSSR count). The molecule has 2 N–H and O–H groups in total. The van der Waals surface area contributed by atoms with E-state index >= 15 is 0 Å². The fraction of sp³-hybridized carbons (Fsp3) is 0.148. The molecule has 1 heterocycles. The number of carbonyl (C=O) groups is 2. The maximum absolute atomic E-state index is 10.9. The van der Waals surface area contributed by atoms with Gasteiger partial charge >= 0.3 is 11.9 Å². The fourth-order valence-corrected chi connectivity index (χ4v) is 3.74. The number of hydrogen-bond acceptors (Lipinski definition) is 6. The zero-order valence-corrected chi connectivity index (χ0v) is 19.5. The van der Waals surface area contributed by atoms with Gasteiger partial charge in [0.1, 0.15) is 11.9 Å². The molecule has 1 aliphatic heterocycles. The normalized spacial score (nSPS) is 14.6. The van der Waals surface area contributed by atoms with Crippen LogP contribution in [0.15, 0.2) is 96.0 Å². The van der Waals surface area contributed by atoms with E-state index in [1.807, 2.05) is 37.4 Å². The highest BCUT2D eigenvalue weighted by Gasteiger charge is 2.23. The van der Waals surface area contributed by atoms with Crippen molar-refractivity contribution in [3.05, 3.63) is 123 Å². The minimum atomic E-state index is -1.26. The molecule has 0 saturated carbocycles. The molecule has 9 nitrogen and oxygen atoms in total. The van der Waals surface area contributed by atoms with Crippen molar-refractivity contribution in [3.63, 3.8) is 0 Å². The van der Waals surface area contributed by atoms with Crippen LogP contribution in [-0.2, 0) is 22.6 Å². The quantitative estimate of drug-likeness (QED) is 0.297. The second kappa shape index (κ2) is 12.1. The first kappa shape index (κ1) is 25.8. The van der Waals surface area contributed by atoms with Gasteiger partial charge in [-0.15, -0.1) is 0 Å². The maximum atomic E-state index is 10.9. The average Bonchev–Trinajstić information content (AvgIpc) is 3.00. The number of nitro benzene ring substituents is 1. The number of aliphatic carboxylic acids is 2. The molecule has 1 atom stereocenters. The number of carboxylic acids is 2. The van der Waals surface area contributed by atoms with E-state index in [-0.39, 0.29) is 16.7 Å².